The Balaban J connectivity index is 2.85. The molecule has 110 valence electrons. The van der Waals surface area contributed by atoms with Gasteiger partial charge in [-0.2, -0.15) is 0 Å². The van der Waals surface area contributed by atoms with E-state index in [9.17, 15) is 9.90 Å². The van der Waals surface area contributed by atoms with Crippen molar-refractivity contribution in [3.63, 3.8) is 0 Å². The number of hydrogen-bond acceptors (Lipinski definition) is 6. The average molecular weight is 280 g/mol. The Morgan fingerprint density at radius 3 is 2.65 bits per heavy atom. The van der Waals surface area contributed by atoms with Crippen LogP contribution in [0.15, 0.2) is 12.1 Å². The molecule has 0 aliphatic heterocycles. The fourth-order valence-corrected chi connectivity index (χ4v) is 1.40. The molecule has 0 saturated heterocycles. The molecule has 1 aromatic heterocycles. The van der Waals surface area contributed by atoms with Gasteiger partial charge in [-0.05, 0) is 39.8 Å². The van der Waals surface area contributed by atoms with Gasteiger partial charge in [0.05, 0.1) is 5.69 Å². The Morgan fingerprint density at radius 2 is 2.15 bits per heavy atom. The van der Waals surface area contributed by atoms with Gasteiger partial charge in [0.2, 0.25) is 0 Å². The van der Waals surface area contributed by atoms with Gasteiger partial charge in [-0.1, -0.05) is 0 Å². The first kappa shape index (κ1) is 15.9. The molecule has 1 rings (SSSR count). The van der Waals surface area contributed by atoms with Crippen LogP contribution in [0.3, 0.4) is 0 Å². The predicted molar refractivity (Wildman–Crippen MR) is 77.3 cm³/mol. The van der Waals surface area contributed by atoms with E-state index in [1.54, 1.807) is 39.8 Å². The summed E-state index contributed by atoms with van der Waals surface area (Å²) >= 11 is 0. The summed E-state index contributed by atoms with van der Waals surface area (Å²) in [5.74, 6) is 0.410. The smallest absolute Gasteiger partial charge is 0.412 e. The third-order valence-corrected chi connectivity index (χ3v) is 2.05. The summed E-state index contributed by atoms with van der Waals surface area (Å²) in [4.78, 5) is 15.8. The van der Waals surface area contributed by atoms with Crippen LogP contribution in [0.5, 0.6) is 0 Å². The highest BCUT2D eigenvalue weighted by molar-refractivity contribution is 5.92. The zero-order valence-electron chi connectivity index (χ0n) is 12.0. The third kappa shape index (κ3) is 5.23. The van der Waals surface area contributed by atoms with Crippen LogP contribution in [0, 0.1) is 5.41 Å². The standard InChI is InChI=1S/C13H20N4O3/c1-8(18)15-11-6-5-9(10(7-14)16-11)17-12(19)20-13(2,3)4/h5-8,14,18H,1-4H3,(H,15,16)(H,17,19)/t8-/m1/s1. The number of carbonyl (C=O) groups excluding carboxylic acids is 1. The van der Waals surface area contributed by atoms with E-state index in [-0.39, 0.29) is 5.69 Å². The number of pyridine rings is 1. The van der Waals surface area contributed by atoms with E-state index in [0.717, 1.165) is 6.21 Å². The Morgan fingerprint density at radius 1 is 1.50 bits per heavy atom. The molecule has 0 aliphatic rings. The van der Waals surface area contributed by atoms with Crippen LogP contribution >= 0.6 is 0 Å². The monoisotopic (exact) mass is 280 g/mol. The van der Waals surface area contributed by atoms with Crippen LogP contribution in [-0.4, -0.2) is 34.2 Å². The lowest BCUT2D eigenvalue weighted by atomic mass is 10.2. The zero-order valence-corrected chi connectivity index (χ0v) is 12.0. The summed E-state index contributed by atoms with van der Waals surface area (Å²) in [7, 11) is 0. The fraction of sp³-hybridized carbons (Fsp3) is 0.462. The van der Waals surface area contributed by atoms with E-state index in [4.69, 9.17) is 10.1 Å². The number of aliphatic hydroxyl groups is 1. The average Bonchev–Trinajstić information content (AvgIpc) is 2.27. The van der Waals surface area contributed by atoms with E-state index in [2.05, 4.69) is 15.6 Å². The van der Waals surface area contributed by atoms with Gasteiger partial charge in [-0.25, -0.2) is 9.78 Å². The molecule has 7 heteroatoms. The quantitative estimate of drug-likeness (QED) is 0.499. The Bertz CT molecular complexity index is 495. The van der Waals surface area contributed by atoms with Gasteiger partial charge in [0, 0.05) is 6.21 Å². The van der Waals surface area contributed by atoms with Gasteiger partial charge in [-0.3, -0.25) is 5.32 Å². The van der Waals surface area contributed by atoms with E-state index in [1.165, 1.54) is 0 Å². The van der Waals surface area contributed by atoms with Crippen LogP contribution < -0.4 is 10.6 Å². The summed E-state index contributed by atoms with van der Waals surface area (Å²) in [5, 5.41) is 21.8. The van der Waals surface area contributed by atoms with Crippen LogP contribution in [-0.2, 0) is 4.74 Å². The summed E-state index contributed by atoms with van der Waals surface area (Å²) < 4.78 is 5.13. The number of amides is 1. The van der Waals surface area contributed by atoms with Gasteiger partial charge in [0.1, 0.15) is 23.3 Å². The highest BCUT2D eigenvalue weighted by Gasteiger charge is 2.17. The van der Waals surface area contributed by atoms with E-state index >= 15 is 0 Å². The first-order chi connectivity index (χ1) is 9.21. The number of carbonyl (C=O) groups is 1. The molecule has 0 aliphatic carbocycles. The van der Waals surface area contributed by atoms with Crippen molar-refractivity contribution in [1.82, 2.24) is 4.98 Å². The van der Waals surface area contributed by atoms with Gasteiger partial charge in [0.15, 0.2) is 0 Å². The minimum atomic E-state index is -0.759. The van der Waals surface area contributed by atoms with Crippen molar-refractivity contribution in [1.29, 1.82) is 5.41 Å². The number of ether oxygens (including phenoxy) is 1. The van der Waals surface area contributed by atoms with Crippen LogP contribution in [0.1, 0.15) is 33.4 Å². The zero-order chi connectivity index (χ0) is 15.3. The number of aromatic nitrogens is 1. The summed E-state index contributed by atoms with van der Waals surface area (Å²) in [5.41, 5.74) is 0.0304. The molecule has 0 unspecified atom stereocenters. The number of nitrogens with zero attached hydrogens (tertiary/aromatic N) is 1. The fourth-order valence-electron chi connectivity index (χ4n) is 1.40. The molecule has 1 amide bonds. The van der Waals surface area contributed by atoms with Crippen molar-refractivity contribution in [2.24, 2.45) is 0 Å². The predicted octanol–water partition coefficient (Wildman–Crippen LogP) is 2.18. The SMILES string of the molecule is C[C@@H](O)Nc1ccc(NC(=O)OC(C)(C)C)c(C=N)n1. The number of nitrogens with one attached hydrogen (secondary N) is 3. The molecular formula is C13H20N4O3. The van der Waals surface area contributed by atoms with E-state index in [1.807, 2.05) is 0 Å². The van der Waals surface area contributed by atoms with Gasteiger partial charge in [0.25, 0.3) is 0 Å². The van der Waals surface area contributed by atoms with Gasteiger partial charge in [-0.15, -0.1) is 0 Å². The molecule has 0 radical (unpaired) electrons. The first-order valence-corrected chi connectivity index (χ1v) is 6.17. The summed E-state index contributed by atoms with van der Waals surface area (Å²) in [6, 6.07) is 3.18. The topological polar surface area (TPSA) is 107 Å². The molecule has 0 saturated carbocycles. The number of rotatable bonds is 4. The molecule has 0 bridgehead atoms. The highest BCUT2D eigenvalue weighted by Crippen LogP contribution is 2.17. The molecular weight excluding hydrogens is 260 g/mol. The number of hydrogen-bond donors (Lipinski definition) is 4. The minimum absolute atomic E-state index is 0.265. The molecule has 1 heterocycles. The minimum Gasteiger partial charge on any atom is -0.444 e. The van der Waals surface area contributed by atoms with Gasteiger partial charge < -0.3 is 20.6 Å². The highest BCUT2D eigenvalue weighted by atomic mass is 16.6. The van der Waals surface area contributed by atoms with Crippen LogP contribution in [0.25, 0.3) is 0 Å². The molecule has 0 spiro atoms. The van der Waals surface area contributed by atoms with Crippen LogP contribution in [0.2, 0.25) is 0 Å². The van der Waals surface area contributed by atoms with Crippen molar-refractivity contribution in [2.45, 2.75) is 39.5 Å². The van der Waals surface area contributed by atoms with Crippen molar-refractivity contribution in [3.05, 3.63) is 17.8 Å². The number of aliphatic hydroxyl groups excluding tert-OH is 1. The second-order valence-electron chi connectivity index (χ2n) is 5.22. The molecule has 7 nitrogen and oxygen atoms in total. The van der Waals surface area contributed by atoms with Crippen molar-refractivity contribution in [2.75, 3.05) is 10.6 Å². The summed E-state index contributed by atoms with van der Waals surface area (Å²) in [6.45, 7) is 6.84. The normalized spacial score (nSPS) is 12.4. The van der Waals surface area contributed by atoms with Crippen LogP contribution in [0.4, 0.5) is 16.3 Å². The van der Waals surface area contributed by atoms with Gasteiger partial charge >= 0.3 is 6.09 Å². The lowest BCUT2D eigenvalue weighted by molar-refractivity contribution is 0.0636. The molecule has 1 aromatic rings. The lowest BCUT2D eigenvalue weighted by Gasteiger charge is -2.20. The molecule has 0 aromatic carbocycles. The molecule has 0 fully saturated rings. The van der Waals surface area contributed by atoms with E-state index in [0.29, 0.717) is 11.5 Å². The molecule has 20 heavy (non-hydrogen) atoms. The van der Waals surface area contributed by atoms with Crippen molar-refractivity contribution in [3.8, 4) is 0 Å². The Hall–Kier alpha value is -2.15. The van der Waals surface area contributed by atoms with E-state index < -0.39 is 17.9 Å². The largest absolute Gasteiger partial charge is 0.444 e. The maximum atomic E-state index is 11.7. The number of anilines is 2. The Labute approximate surface area is 117 Å². The molecule has 4 N–H and O–H groups in total. The first-order valence-electron chi connectivity index (χ1n) is 6.17. The lowest BCUT2D eigenvalue weighted by Crippen LogP contribution is -2.27. The third-order valence-electron chi connectivity index (χ3n) is 2.05. The second-order valence-corrected chi connectivity index (χ2v) is 5.22. The second kappa shape index (κ2) is 6.33. The maximum Gasteiger partial charge on any atom is 0.412 e. The summed E-state index contributed by atoms with van der Waals surface area (Å²) in [6.07, 6.45) is -0.357. The maximum absolute atomic E-state index is 11.7. The van der Waals surface area contributed by atoms with Crippen molar-refractivity contribution < 1.29 is 14.6 Å². The Kier molecular flexibility index (Phi) is 5.04. The van der Waals surface area contributed by atoms with Crippen molar-refractivity contribution >= 4 is 23.8 Å². The molecule has 1 atom stereocenters.